The third kappa shape index (κ3) is 2.39. The fourth-order valence-electron chi connectivity index (χ4n) is 1.59. The van der Waals surface area contributed by atoms with E-state index in [-0.39, 0.29) is 11.4 Å². The summed E-state index contributed by atoms with van der Waals surface area (Å²) in [5.41, 5.74) is 6.81. The molecule has 0 aromatic heterocycles. The Morgan fingerprint density at radius 2 is 1.83 bits per heavy atom. The van der Waals surface area contributed by atoms with Crippen LogP contribution in [-0.2, 0) is 0 Å². The average molecular weight is 283 g/mol. The van der Waals surface area contributed by atoms with E-state index in [1.165, 1.54) is 12.1 Å². The highest BCUT2D eigenvalue weighted by Crippen LogP contribution is 2.34. The zero-order valence-corrected chi connectivity index (χ0v) is 10.6. The monoisotopic (exact) mass is 282 g/mol. The Kier molecular flexibility index (Phi) is 3.41. The van der Waals surface area contributed by atoms with Crippen LogP contribution in [0.5, 0.6) is 0 Å². The number of hydrogen-bond acceptors (Lipinski definition) is 3. The molecule has 2 aromatic rings. The molecule has 0 fully saturated rings. The summed E-state index contributed by atoms with van der Waals surface area (Å²) in [6.07, 6.45) is 0. The smallest absolute Gasteiger partial charge is 0.292 e. The Morgan fingerprint density at radius 3 is 2.44 bits per heavy atom. The standard InChI is InChI=1S/C12H8Cl2N2O2/c13-8-2-3-9(10(14)6-8)7-1-4-11(15)12(5-7)16(17)18/h1-6H,15H2. The average Bonchev–Trinajstić information content (AvgIpc) is 2.30. The van der Waals surface area contributed by atoms with Crippen LogP contribution in [0.25, 0.3) is 11.1 Å². The van der Waals surface area contributed by atoms with Crippen LogP contribution in [0.3, 0.4) is 0 Å². The van der Waals surface area contributed by atoms with Gasteiger partial charge in [0.15, 0.2) is 0 Å². The summed E-state index contributed by atoms with van der Waals surface area (Å²) in [5, 5.41) is 11.8. The van der Waals surface area contributed by atoms with Crippen LogP contribution in [0.15, 0.2) is 36.4 Å². The van der Waals surface area contributed by atoms with Gasteiger partial charge < -0.3 is 5.73 Å². The van der Waals surface area contributed by atoms with E-state index < -0.39 is 4.92 Å². The van der Waals surface area contributed by atoms with Crippen molar-refractivity contribution in [2.24, 2.45) is 0 Å². The highest BCUT2D eigenvalue weighted by Gasteiger charge is 2.14. The van der Waals surface area contributed by atoms with Gasteiger partial charge in [-0.2, -0.15) is 0 Å². The number of benzene rings is 2. The van der Waals surface area contributed by atoms with Crippen molar-refractivity contribution in [2.45, 2.75) is 0 Å². The number of nitro benzene ring substituents is 1. The highest BCUT2D eigenvalue weighted by atomic mass is 35.5. The minimum absolute atomic E-state index is 0.119. The van der Waals surface area contributed by atoms with Crippen molar-refractivity contribution in [3.8, 4) is 11.1 Å². The second-order valence-corrected chi connectivity index (χ2v) is 4.50. The zero-order chi connectivity index (χ0) is 13.3. The fraction of sp³-hybridized carbons (Fsp3) is 0. The molecule has 0 aliphatic rings. The highest BCUT2D eigenvalue weighted by molar-refractivity contribution is 6.36. The van der Waals surface area contributed by atoms with Crippen LogP contribution < -0.4 is 5.73 Å². The van der Waals surface area contributed by atoms with Gasteiger partial charge in [-0.3, -0.25) is 10.1 Å². The van der Waals surface area contributed by atoms with E-state index >= 15 is 0 Å². The number of nitrogens with zero attached hydrogens (tertiary/aromatic N) is 1. The Labute approximate surface area is 113 Å². The van der Waals surface area contributed by atoms with Gasteiger partial charge in [0.25, 0.3) is 5.69 Å². The summed E-state index contributed by atoms with van der Waals surface area (Å²) in [7, 11) is 0. The van der Waals surface area contributed by atoms with Gasteiger partial charge in [-0.15, -0.1) is 0 Å². The lowest BCUT2D eigenvalue weighted by molar-refractivity contribution is -0.383. The molecule has 2 aromatic carbocycles. The van der Waals surface area contributed by atoms with Crippen LogP contribution in [0.2, 0.25) is 10.0 Å². The first-order valence-corrected chi connectivity index (χ1v) is 5.74. The van der Waals surface area contributed by atoms with Crippen molar-refractivity contribution in [3.05, 3.63) is 56.6 Å². The fourth-order valence-corrected chi connectivity index (χ4v) is 2.11. The van der Waals surface area contributed by atoms with Gasteiger partial charge in [0, 0.05) is 21.7 Å². The molecule has 0 unspecified atom stereocenters. The quantitative estimate of drug-likeness (QED) is 0.511. The molecule has 6 heteroatoms. The number of nitro groups is 1. The normalized spacial score (nSPS) is 10.3. The Hall–Kier alpha value is -1.78. The van der Waals surface area contributed by atoms with Gasteiger partial charge in [-0.1, -0.05) is 35.3 Å². The lowest BCUT2D eigenvalue weighted by Crippen LogP contribution is -1.95. The Balaban J connectivity index is 2.58. The molecule has 18 heavy (non-hydrogen) atoms. The number of nitrogens with two attached hydrogens (primary N) is 1. The van der Waals surface area contributed by atoms with Crippen molar-refractivity contribution >= 4 is 34.6 Å². The first-order valence-electron chi connectivity index (χ1n) is 4.98. The summed E-state index contributed by atoms with van der Waals surface area (Å²) >= 11 is 11.8. The third-order valence-electron chi connectivity index (χ3n) is 2.47. The van der Waals surface area contributed by atoms with Crippen LogP contribution in [0.4, 0.5) is 11.4 Å². The lowest BCUT2D eigenvalue weighted by Gasteiger charge is -2.06. The first kappa shape index (κ1) is 12.7. The molecule has 0 heterocycles. The number of nitrogen functional groups attached to an aromatic ring is 1. The molecular weight excluding hydrogens is 275 g/mol. The topological polar surface area (TPSA) is 69.2 Å². The van der Waals surface area contributed by atoms with E-state index in [1.54, 1.807) is 24.3 Å². The van der Waals surface area contributed by atoms with Crippen LogP contribution >= 0.6 is 23.2 Å². The van der Waals surface area contributed by atoms with Crippen molar-refractivity contribution in [1.82, 2.24) is 0 Å². The van der Waals surface area contributed by atoms with Crippen LogP contribution in [0, 0.1) is 10.1 Å². The van der Waals surface area contributed by atoms with Crippen molar-refractivity contribution in [1.29, 1.82) is 0 Å². The lowest BCUT2D eigenvalue weighted by atomic mass is 10.0. The van der Waals surface area contributed by atoms with E-state index in [9.17, 15) is 10.1 Å². The Morgan fingerprint density at radius 1 is 1.11 bits per heavy atom. The molecule has 0 saturated heterocycles. The maximum Gasteiger partial charge on any atom is 0.292 e. The summed E-state index contributed by atoms with van der Waals surface area (Å²) in [4.78, 5) is 10.3. The Bertz CT molecular complexity index is 629. The molecule has 4 nitrogen and oxygen atoms in total. The number of hydrogen-bond donors (Lipinski definition) is 1. The maximum absolute atomic E-state index is 10.8. The predicted molar refractivity (Wildman–Crippen MR) is 73.0 cm³/mol. The predicted octanol–water partition coefficient (Wildman–Crippen LogP) is 4.15. The summed E-state index contributed by atoms with van der Waals surface area (Å²) < 4.78 is 0. The summed E-state index contributed by atoms with van der Waals surface area (Å²) in [6, 6.07) is 9.52. The molecule has 0 atom stereocenters. The molecule has 0 aliphatic heterocycles. The van der Waals surface area contributed by atoms with Gasteiger partial charge >= 0.3 is 0 Å². The van der Waals surface area contributed by atoms with E-state index in [0.717, 1.165) is 0 Å². The number of halogens is 2. The maximum atomic E-state index is 10.8. The second kappa shape index (κ2) is 4.84. The van der Waals surface area contributed by atoms with Gasteiger partial charge in [0.1, 0.15) is 5.69 Å². The largest absolute Gasteiger partial charge is 0.393 e. The van der Waals surface area contributed by atoms with E-state index in [4.69, 9.17) is 28.9 Å². The van der Waals surface area contributed by atoms with Crippen molar-refractivity contribution < 1.29 is 4.92 Å². The molecule has 0 radical (unpaired) electrons. The van der Waals surface area contributed by atoms with Gasteiger partial charge in [0.2, 0.25) is 0 Å². The number of anilines is 1. The van der Waals surface area contributed by atoms with Crippen molar-refractivity contribution in [2.75, 3.05) is 5.73 Å². The van der Waals surface area contributed by atoms with E-state index in [2.05, 4.69) is 0 Å². The van der Waals surface area contributed by atoms with E-state index in [0.29, 0.717) is 21.2 Å². The molecule has 2 N–H and O–H groups in total. The van der Waals surface area contributed by atoms with Gasteiger partial charge in [0.05, 0.1) is 4.92 Å². The van der Waals surface area contributed by atoms with Gasteiger partial charge in [-0.25, -0.2) is 0 Å². The molecule has 0 spiro atoms. The first-order chi connectivity index (χ1) is 8.49. The SMILES string of the molecule is Nc1ccc(-c2ccc(Cl)cc2Cl)cc1[N+](=O)[O-]. The minimum Gasteiger partial charge on any atom is -0.393 e. The zero-order valence-electron chi connectivity index (χ0n) is 9.06. The molecule has 0 aliphatic carbocycles. The minimum atomic E-state index is -0.525. The molecule has 0 bridgehead atoms. The molecule has 0 saturated carbocycles. The second-order valence-electron chi connectivity index (χ2n) is 3.65. The molecule has 0 amide bonds. The summed E-state index contributed by atoms with van der Waals surface area (Å²) in [5.74, 6) is 0. The third-order valence-corrected chi connectivity index (χ3v) is 3.02. The molecule has 92 valence electrons. The van der Waals surface area contributed by atoms with E-state index in [1.807, 2.05) is 0 Å². The summed E-state index contributed by atoms with van der Waals surface area (Å²) in [6.45, 7) is 0. The van der Waals surface area contributed by atoms with Crippen LogP contribution in [0.1, 0.15) is 0 Å². The number of rotatable bonds is 2. The molecule has 2 rings (SSSR count). The van der Waals surface area contributed by atoms with Crippen LogP contribution in [-0.4, -0.2) is 4.92 Å². The van der Waals surface area contributed by atoms with Crippen molar-refractivity contribution in [3.63, 3.8) is 0 Å². The van der Waals surface area contributed by atoms with Gasteiger partial charge in [-0.05, 0) is 23.8 Å². The molecular formula is C12H8Cl2N2O2.